The molecule has 2 aromatic carbocycles. The lowest BCUT2D eigenvalue weighted by Crippen LogP contribution is -2.18. The van der Waals surface area contributed by atoms with Crippen LogP contribution in [0.1, 0.15) is 29.8 Å². The molecule has 130 valence electrons. The van der Waals surface area contributed by atoms with Crippen molar-refractivity contribution in [3.63, 3.8) is 0 Å². The lowest BCUT2D eigenvalue weighted by atomic mass is 10.0. The molecule has 0 N–H and O–H groups in total. The van der Waals surface area contributed by atoms with Crippen LogP contribution in [0.5, 0.6) is 17.2 Å². The van der Waals surface area contributed by atoms with Crippen molar-refractivity contribution in [2.24, 2.45) is 0 Å². The second kappa shape index (κ2) is 6.19. The number of carbonyl (C=O) groups is 2. The van der Waals surface area contributed by atoms with Crippen molar-refractivity contribution in [3.8, 4) is 17.2 Å². The Bertz CT molecular complexity index is 984. The zero-order valence-corrected chi connectivity index (χ0v) is 14.3. The van der Waals surface area contributed by atoms with Crippen molar-refractivity contribution >= 4 is 17.8 Å². The van der Waals surface area contributed by atoms with Gasteiger partial charge in [-0.3, -0.25) is 9.59 Å². The van der Waals surface area contributed by atoms with Crippen LogP contribution in [0.25, 0.3) is 6.08 Å². The summed E-state index contributed by atoms with van der Waals surface area (Å²) in [5.74, 6) is 1.12. The maximum Gasteiger partial charge on any atom is 0.308 e. The highest BCUT2D eigenvalue weighted by Gasteiger charge is 2.29. The molecular formula is C21H16O5. The van der Waals surface area contributed by atoms with Crippen molar-refractivity contribution in [1.82, 2.24) is 0 Å². The Labute approximate surface area is 150 Å². The van der Waals surface area contributed by atoms with Crippen molar-refractivity contribution in [1.29, 1.82) is 0 Å². The summed E-state index contributed by atoms with van der Waals surface area (Å²) in [6, 6.07) is 12.4. The maximum atomic E-state index is 12.6. The molecule has 4 rings (SSSR count). The largest absolute Gasteiger partial charge is 0.485 e. The Hall–Kier alpha value is -3.34. The van der Waals surface area contributed by atoms with Gasteiger partial charge in [-0.15, -0.1) is 0 Å². The zero-order valence-electron chi connectivity index (χ0n) is 14.3. The molecular weight excluding hydrogens is 332 g/mol. The van der Waals surface area contributed by atoms with E-state index in [1.165, 1.54) is 6.92 Å². The zero-order chi connectivity index (χ0) is 18.3. The van der Waals surface area contributed by atoms with Gasteiger partial charge in [0.05, 0.1) is 5.56 Å². The number of benzene rings is 2. The summed E-state index contributed by atoms with van der Waals surface area (Å²) in [6.45, 7) is 3.24. The van der Waals surface area contributed by atoms with Crippen LogP contribution < -0.4 is 14.2 Å². The van der Waals surface area contributed by atoms with Gasteiger partial charge in [-0.1, -0.05) is 18.2 Å². The van der Waals surface area contributed by atoms with Crippen LogP contribution in [0, 0.1) is 0 Å². The first-order chi connectivity index (χ1) is 12.5. The molecule has 0 unspecified atom stereocenters. The molecule has 26 heavy (non-hydrogen) atoms. The number of fused-ring (bicyclic) bond motifs is 2. The number of ketones is 1. The van der Waals surface area contributed by atoms with Gasteiger partial charge in [-0.25, -0.2) is 0 Å². The maximum absolute atomic E-state index is 12.6. The minimum Gasteiger partial charge on any atom is -0.485 e. The topological polar surface area (TPSA) is 61.8 Å². The quantitative estimate of drug-likeness (QED) is 0.467. The van der Waals surface area contributed by atoms with E-state index in [0.717, 1.165) is 16.9 Å². The fraction of sp³-hybridized carbons (Fsp3) is 0.143. The first-order valence-corrected chi connectivity index (χ1v) is 8.25. The molecule has 2 heterocycles. The third kappa shape index (κ3) is 2.88. The first-order valence-electron chi connectivity index (χ1n) is 8.25. The summed E-state index contributed by atoms with van der Waals surface area (Å²) in [6.07, 6.45) is 3.49. The predicted octanol–water partition coefficient (Wildman–Crippen LogP) is 3.94. The number of esters is 1. The molecule has 0 radical (unpaired) electrons. The number of hydrogen-bond acceptors (Lipinski definition) is 5. The number of rotatable bonds is 2. The summed E-state index contributed by atoms with van der Waals surface area (Å²) in [5, 5.41) is 0. The standard InChI is InChI=1S/C21H16O5/c1-12-15(9-14-5-3-4-6-18(14)24-12)10-20-21(23)17-8-7-16(25-13(2)22)11-19(17)26-20/h3-12H,1-2H3/b20-10-/t12-/m1/s1. The average Bonchev–Trinajstić information content (AvgIpc) is 2.90. The summed E-state index contributed by atoms with van der Waals surface area (Å²) in [5.41, 5.74) is 2.25. The number of allylic oxidation sites excluding steroid dienone is 1. The van der Waals surface area contributed by atoms with Crippen molar-refractivity contribution in [2.45, 2.75) is 20.0 Å². The SMILES string of the molecule is CC(=O)Oc1ccc2c(c1)O/C(=C\C1=Cc3ccccc3O[C@@H]1C)C2=O. The van der Waals surface area contributed by atoms with E-state index in [0.29, 0.717) is 17.1 Å². The lowest BCUT2D eigenvalue weighted by molar-refractivity contribution is -0.131. The van der Waals surface area contributed by atoms with Crippen molar-refractivity contribution in [3.05, 3.63) is 71.0 Å². The third-order valence-electron chi connectivity index (χ3n) is 4.22. The highest BCUT2D eigenvalue weighted by molar-refractivity contribution is 6.12. The van der Waals surface area contributed by atoms with Crippen LogP contribution in [0.2, 0.25) is 0 Å². The van der Waals surface area contributed by atoms with Gasteiger partial charge in [0.15, 0.2) is 5.76 Å². The van der Waals surface area contributed by atoms with Crippen LogP contribution in [0.3, 0.4) is 0 Å². The Kier molecular flexibility index (Phi) is 3.84. The van der Waals surface area contributed by atoms with Crippen LogP contribution in [-0.4, -0.2) is 17.9 Å². The lowest BCUT2D eigenvalue weighted by Gasteiger charge is -2.22. The molecule has 0 amide bonds. The van der Waals surface area contributed by atoms with Gasteiger partial charge in [-0.05, 0) is 42.8 Å². The van der Waals surface area contributed by atoms with Gasteiger partial charge in [0, 0.05) is 18.6 Å². The number of hydrogen-bond donors (Lipinski definition) is 0. The molecule has 2 aliphatic heterocycles. The Morgan fingerprint density at radius 2 is 1.96 bits per heavy atom. The fourth-order valence-electron chi connectivity index (χ4n) is 2.97. The summed E-state index contributed by atoms with van der Waals surface area (Å²) < 4.78 is 16.6. The molecule has 1 atom stereocenters. The smallest absolute Gasteiger partial charge is 0.308 e. The second-order valence-electron chi connectivity index (χ2n) is 6.13. The summed E-state index contributed by atoms with van der Waals surface area (Å²) >= 11 is 0. The van der Waals surface area contributed by atoms with Crippen molar-refractivity contribution < 1.29 is 23.8 Å². The average molecular weight is 348 g/mol. The highest BCUT2D eigenvalue weighted by Crippen LogP contribution is 2.36. The number of para-hydroxylation sites is 1. The van der Waals surface area contributed by atoms with Crippen LogP contribution in [-0.2, 0) is 4.79 Å². The van der Waals surface area contributed by atoms with E-state index in [1.54, 1.807) is 24.3 Å². The monoisotopic (exact) mass is 348 g/mol. The van der Waals surface area contributed by atoms with Crippen LogP contribution in [0.15, 0.2) is 59.9 Å². The van der Waals surface area contributed by atoms with E-state index in [9.17, 15) is 9.59 Å². The molecule has 2 aromatic rings. The van der Waals surface area contributed by atoms with Gasteiger partial charge in [0.1, 0.15) is 23.4 Å². The number of carbonyl (C=O) groups excluding carboxylic acids is 2. The van der Waals surface area contributed by atoms with Gasteiger partial charge in [-0.2, -0.15) is 0 Å². The number of Topliss-reactive ketones (excluding diaryl/α,β-unsaturated/α-hetero) is 1. The number of ether oxygens (including phenoxy) is 3. The molecule has 5 heteroatoms. The second-order valence-corrected chi connectivity index (χ2v) is 6.13. The van der Waals surface area contributed by atoms with Gasteiger partial charge in [0.25, 0.3) is 0 Å². The Balaban J connectivity index is 1.66. The van der Waals surface area contributed by atoms with E-state index in [-0.39, 0.29) is 17.6 Å². The van der Waals surface area contributed by atoms with E-state index in [4.69, 9.17) is 14.2 Å². The molecule has 0 spiro atoms. The first kappa shape index (κ1) is 16.1. The normalized spacial score (nSPS) is 19.2. The Morgan fingerprint density at radius 1 is 1.15 bits per heavy atom. The minimum absolute atomic E-state index is 0.200. The van der Waals surface area contributed by atoms with Crippen molar-refractivity contribution in [2.75, 3.05) is 0 Å². The van der Waals surface area contributed by atoms with Crippen LogP contribution in [0.4, 0.5) is 0 Å². The summed E-state index contributed by atoms with van der Waals surface area (Å²) in [4.78, 5) is 23.7. The molecule has 0 fully saturated rings. The van der Waals surface area contributed by atoms with Gasteiger partial charge >= 0.3 is 5.97 Å². The molecule has 0 aliphatic carbocycles. The van der Waals surface area contributed by atoms with E-state index in [2.05, 4.69) is 0 Å². The third-order valence-corrected chi connectivity index (χ3v) is 4.22. The fourth-order valence-corrected chi connectivity index (χ4v) is 2.97. The Morgan fingerprint density at radius 3 is 2.77 bits per heavy atom. The summed E-state index contributed by atoms with van der Waals surface area (Å²) in [7, 11) is 0. The van der Waals surface area contributed by atoms with E-state index in [1.807, 2.05) is 37.3 Å². The van der Waals surface area contributed by atoms with Gasteiger partial charge < -0.3 is 14.2 Å². The van der Waals surface area contributed by atoms with E-state index < -0.39 is 5.97 Å². The van der Waals surface area contributed by atoms with Crippen LogP contribution >= 0.6 is 0 Å². The molecule has 0 bridgehead atoms. The molecule has 5 nitrogen and oxygen atoms in total. The molecule has 0 saturated carbocycles. The molecule has 2 aliphatic rings. The van der Waals surface area contributed by atoms with E-state index >= 15 is 0 Å². The molecule has 0 saturated heterocycles. The highest BCUT2D eigenvalue weighted by atomic mass is 16.5. The molecule has 0 aromatic heterocycles. The van der Waals surface area contributed by atoms with Gasteiger partial charge in [0.2, 0.25) is 5.78 Å². The predicted molar refractivity (Wildman–Crippen MR) is 95.3 cm³/mol. The minimum atomic E-state index is -0.429.